The quantitative estimate of drug-likeness (QED) is 0.473. The van der Waals surface area contributed by atoms with Gasteiger partial charge in [0.05, 0.1) is 5.56 Å². The van der Waals surface area contributed by atoms with E-state index in [1.54, 1.807) is 36.4 Å². The largest absolute Gasteiger partial charge is 0.478 e. The Morgan fingerprint density at radius 1 is 1.11 bits per heavy atom. The Hall–Kier alpha value is -3.31. The molecule has 4 aromatic rings. The summed E-state index contributed by atoms with van der Waals surface area (Å²) in [4.78, 5) is 16.4. The number of carbonyl (C=O) groups is 1. The Kier molecular flexibility index (Phi) is 4.75. The van der Waals surface area contributed by atoms with Gasteiger partial charge in [0.25, 0.3) is 0 Å². The minimum absolute atomic E-state index is 0.312. The van der Waals surface area contributed by atoms with Gasteiger partial charge in [0, 0.05) is 10.6 Å². The number of carboxylic acids is 1. The summed E-state index contributed by atoms with van der Waals surface area (Å²) in [6.07, 6.45) is -1.18. The lowest BCUT2D eigenvalue weighted by atomic mass is 10.1. The zero-order valence-corrected chi connectivity index (χ0v) is 15.7. The molecule has 28 heavy (non-hydrogen) atoms. The first-order valence-corrected chi connectivity index (χ1v) is 9.00. The number of aromatic nitrogens is 1. The predicted molar refractivity (Wildman–Crippen MR) is 107 cm³/mol. The fourth-order valence-corrected chi connectivity index (χ4v) is 3.15. The van der Waals surface area contributed by atoms with Crippen molar-refractivity contribution >= 4 is 28.7 Å². The van der Waals surface area contributed by atoms with Crippen LogP contribution < -0.4 is 4.74 Å². The SMILES string of the molecule is Cc1cccc(C(Oc2ccc(Cl)cc2-c2nc3ccccc3o2)C(=O)O)c1. The van der Waals surface area contributed by atoms with E-state index in [9.17, 15) is 9.90 Å². The van der Waals surface area contributed by atoms with Gasteiger partial charge in [0.15, 0.2) is 5.58 Å². The van der Waals surface area contributed by atoms with E-state index >= 15 is 0 Å². The third kappa shape index (κ3) is 3.57. The van der Waals surface area contributed by atoms with Gasteiger partial charge in [-0.3, -0.25) is 0 Å². The molecule has 0 bridgehead atoms. The lowest BCUT2D eigenvalue weighted by Gasteiger charge is -2.17. The molecule has 0 aliphatic heterocycles. The molecule has 0 fully saturated rings. The van der Waals surface area contributed by atoms with Gasteiger partial charge in [0.2, 0.25) is 12.0 Å². The summed E-state index contributed by atoms with van der Waals surface area (Å²) in [5.41, 5.74) is 3.30. The highest BCUT2D eigenvalue weighted by atomic mass is 35.5. The molecule has 0 amide bonds. The second-order valence-electron chi connectivity index (χ2n) is 6.38. The van der Waals surface area contributed by atoms with Crippen LogP contribution in [0.4, 0.5) is 0 Å². The molecule has 0 aliphatic rings. The zero-order chi connectivity index (χ0) is 19.7. The van der Waals surface area contributed by atoms with Crippen LogP contribution in [0.15, 0.2) is 71.1 Å². The van der Waals surface area contributed by atoms with Crippen molar-refractivity contribution in [3.8, 4) is 17.2 Å². The maximum absolute atomic E-state index is 11.9. The van der Waals surface area contributed by atoms with E-state index < -0.39 is 12.1 Å². The van der Waals surface area contributed by atoms with Crippen molar-refractivity contribution in [2.24, 2.45) is 0 Å². The molecule has 1 atom stereocenters. The average Bonchev–Trinajstić information content (AvgIpc) is 3.10. The molecule has 0 aliphatic carbocycles. The van der Waals surface area contributed by atoms with Crippen LogP contribution in [0.3, 0.4) is 0 Å². The molecule has 1 aromatic heterocycles. The van der Waals surface area contributed by atoms with Gasteiger partial charge in [-0.1, -0.05) is 53.6 Å². The fraction of sp³-hybridized carbons (Fsp3) is 0.0909. The second-order valence-corrected chi connectivity index (χ2v) is 6.81. The molecule has 5 nitrogen and oxygen atoms in total. The highest BCUT2D eigenvalue weighted by molar-refractivity contribution is 6.30. The number of nitrogens with zero attached hydrogens (tertiary/aromatic N) is 1. The summed E-state index contributed by atoms with van der Waals surface area (Å²) in [6, 6.07) is 19.5. The van der Waals surface area contributed by atoms with Gasteiger partial charge in [0.1, 0.15) is 11.3 Å². The second kappa shape index (κ2) is 7.37. The number of ether oxygens (including phenoxy) is 1. The Bertz CT molecular complexity index is 1140. The Balaban J connectivity index is 1.78. The summed E-state index contributed by atoms with van der Waals surface area (Å²) >= 11 is 6.16. The van der Waals surface area contributed by atoms with Crippen LogP contribution in [0.25, 0.3) is 22.6 Å². The van der Waals surface area contributed by atoms with Crippen molar-refractivity contribution in [3.05, 3.63) is 82.9 Å². The molecule has 4 rings (SSSR count). The fourth-order valence-electron chi connectivity index (χ4n) is 2.98. The highest BCUT2D eigenvalue weighted by Crippen LogP contribution is 2.36. The number of rotatable bonds is 5. The van der Waals surface area contributed by atoms with Crippen molar-refractivity contribution in [1.29, 1.82) is 0 Å². The molecule has 0 spiro atoms. The van der Waals surface area contributed by atoms with Crippen molar-refractivity contribution in [3.63, 3.8) is 0 Å². The lowest BCUT2D eigenvalue weighted by molar-refractivity contribution is -0.145. The Morgan fingerprint density at radius 2 is 1.93 bits per heavy atom. The van der Waals surface area contributed by atoms with Gasteiger partial charge < -0.3 is 14.3 Å². The van der Waals surface area contributed by atoms with Crippen molar-refractivity contribution in [1.82, 2.24) is 4.98 Å². The zero-order valence-electron chi connectivity index (χ0n) is 14.9. The first-order valence-electron chi connectivity index (χ1n) is 8.63. The van der Waals surface area contributed by atoms with Gasteiger partial charge >= 0.3 is 5.97 Å². The summed E-state index contributed by atoms with van der Waals surface area (Å²) in [6.45, 7) is 1.90. The lowest BCUT2D eigenvalue weighted by Crippen LogP contribution is -2.18. The number of benzene rings is 3. The monoisotopic (exact) mass is 393 g/mol. The van der Waals surface area contributed by atoms with Crippen LogP contribution >= 0.6 is 11.6 Å². The van der Waals surface area contributed by atoms with E-state index in [0.717, 1.165) is 5.56 Å². The number of hydrogen-bond acceptors (Lipinski definition) is 4. The summed E-state index contributed by atoms with van der Waals surface area (Å²) < 4.78 is 11.7. The smallest absolute Gasteiger partial charge is 0.349 e. The minimum atomic E-state index is -1.18. The summed E-state index contributed by atoms with van der Waals surface area (Å²) in [5, 5.41) is 10.2. The van der Waals surface area contributed by atoms with Crippen LogP contribution in [0.5, 0.6) is 5.75 Å². The maximum Gasteiger partial charge on any atom is 0.349 e. The third-order valence-corrected chi connectivity index (χ3v) is 4.51. The van der Waals surface area contributed by atoms with Gasteiger partial charge in [-0.15, -0.1) is 0 Å². The van der Waals surface area contributed by atoms with Gasteiger partial charge in [-0.25, -0.2) is 9.78 Å². The molecule has 140 valence electrons. The van der Waals surface area contributed by atoms with Crippen molar-refractivity contribution < 1.29 is 19.1 Å². The van der Waals surface area contributed by atoms with Gasteiger partial charge in [-0.05, 0) is 37.3 Å². The normalized spacial score (nSPS) is 12.1. The molecule has 1 heterocycles. The van der Waals surface area contributed by atoms with Crippen LogP contribution in [-0.2, 0) is 4.79 Å². The number of fused-ring (bicyclic) bond motifs is 1. The van der Waals surface area contributed by atoms with Crippen LogP contribution in [0, 0.1) is 6.92 Å². The predicted octanol–water partition coefficient (Wildman–Crippen LogP) is 5.66. The Morgan fingerprint density at radius 3 is 2.68 bits per heavy atom. The summed E-state index contributed by atoms with van der Waals surface area (Å²) in [7, 11) is 0. The molecular weight excluding hydrogens is 378 g/mol. The minimum Gasteiger partial charge on any atom is -0.478 e. The van der Waals surface area contributed by atoms with E-state index in [2.05, 4.69) is 4.98 Å². The average molecular weight is 394 g/mol. The third-order valence-electron chi connectivity index (χ3n) is 4.28. The molecule has 0 saturated carbocycles. The van der Waals surface area contributed by atoms with Crippen LogP contribution in [0.2, 0.25) is 5.02 Å². The Labute approximate surface area is 166 Å². The maximum atomic E-state index is 11.9. The van der Waals surface area contributed by atoms with Gasteiger partial charge in [-0.2, -0.15) is 0 Å². The number of oxazole rings is 1. The highest BCUT2D eigenvalue weighted by Gasteiger charge is 2.25. The van der Waals surface area contributed by atoms with E-state index in [1.165, 1.54) is 0 Å². The van der Waals surface area contributed by atoms with E-state index in [0.29, 0.717) is 38.9 Å². The molecule has 3 aromatic carbocycles. The first-order chi connectivity index (χ1) is 13.5. The molecule has 0 radical (unpaired) electrons. The standard InChI is InChI=1S/C22H16ClNO4/c1-13-5-4-6-14(11-13)20(22(25)26)27-18-10-9-15(23)12-16(18)21-24-17-7-2-3-8-19(17)28-21/h2-12,20H,1H3,(H,25,26). The molecule has 0 saturated heterocycles. The number of carboxylic acid groups (broad SMARTS) is 1. The van der Waals surface area contributed by atoms with E-state index in [-0.39, 0.29) is 0 Å². The molecular formula is C22H16ClNO4. The topological polar surface area (TPSA) is 72.6 Å². The van der Waals surface area contributed by atoms with E-state index in [1.807, 2.05) is 37.3 Å². The van der Waals surface area contributed by atoms with Crippen molar-refractivity contribution in [2.75, 3.05) is 0 Å². The van der Waals surface area contributed by atoms with Crippen LogP contribution in [-0.4, -0.2) is 16.1 Å². The molecule has 1 N–H and O–H groups in total. The number of para-hydroxylation sites is 2. The first kappa shape index (κ1) is 18.1. The summed E-state index contributed by atoms with van der Waals surface area (Å²) in [5.74, 6) is -0.457. The number of aryl methyl sites for hydroxylation is 1. The molecule has 6 heteroatoms. The molecule has 1 unspecified atom stereocenters. The van der Waals surface area contributed by atoms with Crippen LogP contribution in [0.1, 0.15) is 17.2 Å². The number of hydrogen-bond donors (Lipinski definition) is 1. The number of aliphatic carboxylic acids is 1. The van der Waals surface area contributed by atoms with E-state index in [4.69, 9.17) is 20.8 Å². The number of halogens is 1. The van der Waals surface area contributed by atoms with Crippen molar-refractivity contribution in [2.45, 2.75) is 13.0 Å².